The van der Waals surface area contributed by atoms with Crippen LogP contribution in [-0.2, 0) is 7.05 Å². The lowest BCUT2D eigenvalue weighted by molar-refractivity contribution is 0.525. The average Bonchev–Trinajstić information content (AvgIpc) is 3.33. The minimum Gasteiger partial charge on any atom is -0.368 e. The Hall–Kier alpha value is -3.76. The van der Waals surface area contributed by atoms with Gasteiger partial charge in [0.25, 0.3) is 0 Å². The fraction of sp³-hybridized carbons (Fsp3) is 0.280. The van der Waals surface area contributed by atoms with Crippen LogP contribution in [0.3, 0.4) is 0 Å². The van der Waals surface area contributed by atoms with Gasteiger partial charge in [0.2, 0.25) is 0 Å². The second-order valence-electron chi connectivity index (χ2n) is 8.89. The number of imidazole rings is 1. The second-order valence-corrected chi connectivity index (χ2v) is 8.89. The van der Waals surface area contributed by atoms with Gasteiger partial charge in [-0.05, 0) is 49.6 Å². The molecule has 2 N–H and O–H groups in total. The van der Waals surface area contributed by atoms with E-state index in [1.165, 1.54) is 0 Å². The Morgan fingerprint density at radius 1 is 1.19 bits per heavy atom. The lowest BCUT2D eigenvalue weighted by atomic mass is 10.0. The van der Waals surface area contributed by atoms with Crippen LogP contribution in [0.15, 0.2) is 48.9 Å². The van der Waals surface area contributed by atoms with Crippen LogP contribution in [0.2, 0.25) is 0 Å². The number of hydrogen-bond acceptors (Lipinski definition) is 6. The van der Waals surface area contributed by atoms with Crippen molar-refractivity contribution in [3.05, 3.63) is 60.2 Å². The number of pyridine rings is 2. The minimum absolute atomic E-state index is 0.267. The molecule has 0 bridgehead atoms. The molecule has 1 fully saturated rings. The third kappa shape index (κ3) is 3.29. The number of benzene rings is 1. The van der Waals surface area contributed by atoms with Crippen molar-refractivity contribution in [1.29, 1.82) is 5.26 Å². The molecule has 1 saturated heterocycles. The smallest absolute Gasteiger partial charge is 0.144 e. The number of nitrogens with zero attached hydrogens (tertiary/aromatic N) is 6. The van der Waals surface area contributed by atoms with Crippen molar-refractivity contribution in [2.24, 2.45) is 12.8 Å². The fourth-order valence-electron chi connectivity index (χ4n) is 4.60. The zero-order valence-electron chi connectivity index (χ0n) is 18.5. The monoisotopic (exact) mass is 423 g/mol. The molecule has 32 heavy (non-hydrogen) atoms. The van der Waals surface area contributed by atoms with Crippen LogP contribution in [0.25, 0.3) is 33.5 Å². The average molecular weight is 424 g/mol. The zero-order chi connectivity index (χ0) is 22.5. The van der Waals surface area contributed by atoms with E-state index in [0.29, 0.717) is 5.69 Å². The van der Waals surface area contributed by atoms with Gasteiger partial charge in [0.1, 0.15) is 17.6 Å². The maximum Gasteiger partial charge on any atom is 0.144 e. The Labute approximate surface area is 187 Å². The Bertz CT molecular complexity index is 1380. The summed E-state index contributed by atoms with van der Waals surface area (Å²) in [6, 6.07) is 12.1. The van der Waals surface area contributed by atoms with Crippen molar-refractivity contribution < 1.29 is 0 Å². The lowest BCUT2D eigenvalue weighted by Gasteiger charge is -2.26. The number of aryl methyl sites for hydroxylation is 2. The van der Waals surface area contributed by atoms with E-state index in [-0.39, 0.29) is 5.54 Å². The summed E-state index contributed by atoms with van der Waals surface area (Å²) in [5, 5.41) is 9.37. The van der Waals surface area contributed by atoms with Gasteiger partial charge in [-0.3, -0.25) is 4.98 Å². The van der Waals surface area contributed by atoms with Crippen LogP contribution < -0.4 is 10.6 Å². The number of rotatable bonds is 3. The molecule has 1 atom stereocenters. The SMILES string of the molecule is Cc1cccc2c1nc(-c1cncc(-c3ccnc(C#N)c3)c1N1CC[C@](C)(N)C1)n2C. The van der Waals surface area contributed by atoms with Crippen LogP contribution in [0.4, 0.5) is 5.69 Å². The summed E-state index contributed by atoms with van der Waals surface area (Å²) in [4.78, 5) is 16.1. The number of anilines is 1. The molecule has 0 saturated carbocycles. The molecule has 0 amide bonds. The predicted molar refractivity (Wildman–Crippen MR) is 126 cm³/mol. The zero-order valence-corrected chi connectivity index (χ0v) is 18.5. The fourth-order valence-corrected chi connectivity index (χ4v) is 4.60. The van der Waals surface area contributed by atoms with Gasteiger partial charge >= 0.3 is 0 Å². The van der Waals surface area contributed by atoms with Gasteiger partial charge in [-0.25, -0.2) is 9.97 Å². The molecule has 7 nitrogen and oxygen atoms in total. The highest BCUT2D eigenvalue weighted by Crippen LogP contribution is 2.41. The Morgan fingerprint density at radius 3 is 2.72 bits per heavy atom. The highest BCUT2D eigenvalue weighted by atomic mass is 15.2. The van der Waals surface area contributed by atoms with Crippen molar-refractivity contribution in [3.8, 4) is 28.6 Å². The van der Waals surface area contributed by atoms with Gasteiger partial charge in [0, 0.05) is 49.8 Å². The van der Waals surface area contributed by atoms with Crippen molar-refractivity contribution in [1.82, 2.24) is 19.5 Å². The topological polar surface area (TPSA) is 96.7 Å². The molecule has 0 unspecified atom stereocenters. The molecule has 0 radical (unpaired) electrons. The first-order chi connectivity index (χ1) is 15.4. The molecule has 160 valence electrons. The van der Waals surface area contributed by atoms with Gasteiger partial charge < -0.3 is 15.2 Å². The van der Waals surface area contributed by atoms with Crippen LogP contribution >= 0.6 is 0 Å². The second kappa shape index (κ2) is 7.43. The molecule has 1 aromatic carbocycles. The van der Waals surface area contributed by atoms with Crippen molar-refractivity contribution in [2.75, 3.05) is 18.0 Å². The maximum absolute atomic E-state index is 9.37. The van der Waals surface area contributed by atoms with Crippen LogP contribution in [0.1, 0.15) is 24.6 Å². The Morgan fingerprint density at radius 2 is 2.00 bits per heavy atom. The van der Waals surface area contributed by atoms with E-state index in [4.69, 9.17) is 10.7 Å². The highest BCUT2D eigenvalue weighted by Gasteiger charge is 2.33. The summed E-state index contributed by atoms with van der Waals surface area (Å²) in [6.45, 7) is 5.74. The van der Waals surface area contributed by atoms with E-state index in [2.05, 4.69) is 57.6 Å². The summed E-state index contributed by atoms with van der Waals surface area (Å²) in [5.74, 6) is 0.860. The van der Waals surface area contributed by atoms with E-state index >= 15 is 0 Å². The van der Waals surface area contributed by atoms with Crippen LogP contribution in [0, 0.1) is 18.3 Å². The maximum atomic E-state index is 9.37. The van der Waals surface area contributed by atoms with Gasteiger partial charge in [0.05, 0.1) is 22.3 Å². The van der Waals surface area contributed by atoms with E-state index in [0.717, 1.165) is 64.3 Å². The van der Waals surface area contributed by atoms with E-state index in [1.54, 1.807) is 12.3 Å². The number of hydrogen-bond donors (Lipinski definition) is 1. The number of nitriles is 1. The number of aromatic nitrogens is 4. The highest BCUT2D eigenvalue weighted by molar-refractivity contribution is 5.92. The summed E-state index contributed by atoms with van der Waals surface area (Å²) in [7, 11) is 2.04. The van der Waals surface area contributed by atoms with Crippen LogP contribution in [0.5, 0.6) is 0 Å². The third-order valence-electron chi connectivity index (χ3n) is 6.28. The van der Waals surface area contributed by atoms with Crippen molar-refractivity contribution >= 4 is 16.7 Å². The van der Waals surface area contributed by atoms with Gasteiger partial charge in [-0.2, -0.15) is 5.26 Å². The minimum atomic E-state index is -0.267. The van der Waals surface area contributed by atoms with E-state index < -0.39 is 0 Å². The first-order valence-corrected chi connectivity index (χ1v) is 10.7. The van der Waals surface area contributed by atoms with E-state index in [1.807, 2.05) is 25.5 Å². The van der Waals surface area contributed by atoms with Crippen molar-refractivity contribution in [3.63, 3.8) is 0 Å². The van der Waals surface area contributed by atoms with Gasteiger partial charge in [-0.1, -0.05) is 12.1 Å². The molecule has 0 aliphatic carbocycles. The molecule has 4 heterocycles. The molecule has 0 spiro atoms. The molecular weight excluding hydrogens is 398 g/mol. The quantitative estimate of drug-likeness (QED) is 0.538. The third-order valence-corrected chi connectivity index (χ3v) is 6.28. The Balaban J connectivity index is 1.78. The first-order valence-electron chi connectivity index (χ1n) is 10.7. The molecule has 7 heteroatoms. The summed E-state index contributed by atoms with van der Waals surface area (Å²) < 4.78 is 2.12. The number of para-hydroxylation sites is 1. The van der Waals surface area contributed by atoms with Gasteiger partial charge in [-0.15, -0.1) is 0 Å². The molecule has 1 aliphatic rings. The molecule has 4 aromatic rings. The number of nitrogens with two attached hydrogens (primary N) is 1. The molecule has 1 aliphatic heterocycles. The standard InChI is InChI=1S/C25H25N7/c1-16-5-4-6-21-22(16)30-24(31(21)3)20-14-28-13-19(17-7-9-29-18(11-17)12-26)23(20)32-10-8-25(2,27)15-32/h4-7,9,11,13-14H,8,10,15,27H2,1-3H3/t25-/m0/s1. The van der Waals surface area contributed by atoms with Crippen LogP contribution in [-0.4, -0.2) is 38.1 Å². The predicted octanol–water partition coefficient (Wildman–Crippen LogP) is 3.80. The lowest BCUT2D eigenvalue weighted by Crippen LogP contribution is -2.39. The van der Waals surface area contributed by atoms with Crippen molar-refractivity contribution in [2.45, 2.75) is 25.8 Å². The molecular formula is C25H25N7. The number of fused-ring (bicyclic) bond motifs is 1. The molecule has 5 rings (SSSR count). The largest absolute Gasteiger partial charge is 0.368 e. The Kier molecular flexibility index (Phi) is 4.68. The van der Waals surface area contributed by atoms with Gasteiger partial charge in [0.15, 0.2) is 0 Å². The normalized spacial score (nSPS) is 18.3. The van der Waals surface area contributed by atoms with E-state index in [9.17, 15) is 5.26 Å². The summed E-state index contributed by atoms with van der Waals surface area (Å²) >= 11 is 0. The first kappa shape index (κ1) is 20.2. The summed E-state index contributed by atoms with van der Waals surface area (Å²) in [5.41, 5.74) is 13.7. The molecule has 3 aromatic heterocycles. The summed E-state index contributed by atoms with van der Waals surface area (Å²) in [6.07, 6.45) is 6.30.